The Morgan fingerprint density at radius 3 is 1.67 bits per heavy atom. The summed E-state index contributed by atoms with van der Waals surface area (Å²) in [6.45, 7) is 0.613. The highest BCUT2D eigenvalue weighted by atomic mass is 16.5. The fourth-order valence-electron chi connectivity index (χ4n) is 0.579. The van der Waals surface area contributed by atoms with Crippen molar-refractivity contribution >= 4 is 0 Å². The Morgan fingerprint density at radius 2 is 1.44 bits per heavy atom. The third-order valence-electron chi connectivity index (χ3n) is 0.826. The zero-order valence-electron chi connectivity index (χ0n) is 5.89. The summed E-state index contributed by atoms with van der Waals surface area (Å²) >= 11 is 0. The Bertz CT molecular complexity index is 67.4. The molecule has 0 heterocycles. The molecule has 0 aromatic heterocycles. The predicted octanol–water partition coefficient (Wildman–Crippen LogP) is -1.11. The van der Waals surface area contributed by atoms with Gasteiger partial charge >= 0.3 is 0 Å². The maximum atomic E-state index is 5.47. The third kappa shape index (κ3) is 4.35. The molecular weight excluding hydrogens is 120 g/mol. The van der Waals surface area contributed by atoms with Crippen LogP contribution >= 0.6 is 0 Å². The van der Waals surface area contributed by atoms with Crippen molar-refractivity contribution in [2.75, 3.05) is 27.4 Å². The highest BCUT2D eigenvalue weighted by molar-refractivity contribution is 4.74. The summed E-state index contributed by atoms with van der Waals surface area (Å²) in [5.41, 5.74) is 10.1. The monoisotopic (exact) mass is 134 g/mol. The number of hydrogen-bond donors (Lipinski definition) is 2. The van der Waals surface area contributed by atoms with Crippen molar-refractivity contribution in [1.82, 2.24) is 0 Å². The maximum Gasteiger partial charge on any atom is 0.112 e. The van der Waals surface area contributed by atoms with Crippen molar-refractivity contribution in [3.63, 3.8) is 0 Å². The van der Waals surface area contributed by atoms with Crippen LogP contribution in [0.2, 0.25) is 0 Å². The molecule has 0 radical (unpaired) electrons. The van der Waals surface area contributed by atoms with Crippen LogP contribution in [0.25, 0.3) is 0 Å². The standard InChI is InChI=1S/C5H14N2O2/c1-8-3-5(6,7)4-9-2/h3-4,6-7H2,1-2H3. The van der Waals surface area contributed by atoms with E-state index in [1.165, 1.54) is 0 Å². The number of hydrogen-bond acceptors (Lipinski definition) is 4. The van der Waals surface area contributed by atoms with Gasteiger partial charge in [-0.05, 0) is 0 Å². The van der Waals surface area contributed by atoms with Gasteiger partial charge < -0.3 is 20.9 Å². The second-order valence-electron chi connectivity index (χ2n) is 2.10. The van der Waals surface area contributed by atoms with Crippen LogP contribution in [-0.4, -0.2) is 33.1 Å². The van der Waals surface area contributed by atoms with Crippen molar-refractivity contribution in [2.24, 2.45) is 11.5 Å². The van der Waals surface area contributed by atoms with Gasteiger partial charge in [-0.2, -0.15) is 0 Å². The van der Waals surface area contributed by atoms with Gasteiger partial charge in [0.05, 0.1) is 13.2 Å². The normalized spacial score (nSPS) is 12.0. The minimum atomic E-state index is -0.844. The van der Waals surface area contributed by atoms with E-state index >= 15 is 0 Å². The number of rotatable bonds is 4. The van der Waals surface area contributed by atoms with Crippen molar-refractivity contribution < 1.29 is 9.47 Å². The molecule has 9 heavy (non-hydrogen) atoms. The maximum absolute atomic E-state index is 5.47. The SMILES string of the molecule is COCC(N)(N)COC. The average Bonchev–Trinajstić information content (AvgIpc) is 1.64. The Labute approximate surface area is 55.1 Å². The van der Waals surface area contributed by atoms with Crippen LogP contribution in [0.15, 0.2) is 0 Å². The summed E-state index contributed by atoms with van der Waals surface area (Å²) in [4.78, 5) is 0. The van der Waals surface area contributed by atoms with Gasteiger partial charge in [0.15, 0.2) is 0 Å². The van der Waals surface area contributed by atoms with E-state index in [2.05, 4.69) is 0 Å². The molecule has 0 aromatic carbocycles. The van der Waals surface area contributed by atoms with E-state index < -0.39 is 5.66 Å². The lowest BCUT2D eigenvalue weighted by molar-refractivity contribution is 0.0670. The van der Waals surface area contributed by atoms with Crippen molar-refractivity contribution in [2.45, 2.75) is 5.66 Å². The number of nitrogens with two attached hydrogens (primary N) is 2. The lowest BCUT2D eigenvalue weighted by Gasteiger charge is -2.21. The third-order valence-corrected chi connectivity index (χ3v) is 0.826. The zero-order valence-corrected chi connectivity index (χ0v) is 5.89. The summed E-state index contributed by atoms with van der Waals surface area (Å²) in [6, 6.07) is 0. The van der Waals surface area contributed by atoms with Crippen LogP contribution in [0.3, 0.4) is 0 Å². The molecule has 0 saturated heterocycles. The minimum absolute atomic E-state index is 0.306. The molecule has 4 nitrogen and oxygen atoms in total. The molecule has 0 aliphatic carbocycles. The van der Waals surface area contributed by atoms with Gasteiger partial charge in [-0.3, -0.25) is 0 Å². The molecule has 0 aliphatic heterocycles. The largest absolute Gasteiger partial charge is 0.381 e. The second-order valence-corrected chi connectivity index (χ2v) is 2.10. The van der Waals surface area contributed by atoms with Gasteiger partial charge in [0.1, 0.15) is 5.66 Å². The van der Waals surface area contributed by atoms with Crippen LogP contribution in [0.1, 0.15) is 0 Å². The Hall–Kier alpha value is -0.160. The van der Waals surface area contributed by atoms with E-state index in [0.717, 1.165) is 0 Å². The van der Waals surface area contributed by atoms with Gasteiger partial charge in [0, 0.05) is 14.2 Å². The summed E-state index contributed by atoms with van der Waals surface area (Å²) < 4.78 is 9.46. The molecule has 4 N–H and O–H groups in total. The molecule has 0 amide bonds. The van der Waals surface area contributed by atoms with Crippen molar-refractivity contribution in [3.8, 4) is 0 Å². The van der Waals surface area contributed by atoms with Crippen LogP contribution in [0, 0.1) is 0 Å². The molecule has 0 unspecified atom stereocenters. The fraction of sp³-hybridized carbons (Fsp3) is 1.00. The topological polar surface area (TPSA) is 70.5 Å². The first-order valence-corrected chi connectivity index (χ1v) is 2.68. The quantitative estimate of drug-likeness (QED) is 0.478. The second kappa shape index (κ2) is 3.79. The molecule has 0 saturated carbocycles. The van der Waals surface area contributed by atoms with Gasteiger partial charge in [-0.15, -0.1) is 0 Å². The van der Waals surface area contributed by atoms with Gasteiger partial charge in [0.25, 0.3) is 0 Å². The molecular formula is C5H14N2O2. The predicted molar refractivity (Wildman–Crippen MR) is 34.9 cm³/mol. The van der Waals surface area contributed by atoms with Crippen molar-refractivity contribution in [3.05, 3.63) is 0 Å². The number of methoxy groups -OCH3 is 2. The molecule has 0 atom stereocenters. The molecule has 0 rings (SSSR count). The molecule has 56 valence electrons. The first kappa shape index (κ1) is 8.84. The van der Waals surface area contributed by atoms with Crippen LogP contribution in [0.5, 0.6) is 0 Å². The Kier molecular flexibility index (Phi) is 3.72. The fourth-order valence-corrected chi connectivity index (χ4v) is 0.579. The van der Waals surface area contributed by atoms with Gasteiger partial charge in [0.2, 0.25) is 0 Å². The van der Waals surface area contributed by atoms with Crippen molar-refractivity contribution in [1.29, 1.82) is 0 Å². The molecule has 0 spiro atoms. The van der Waals surface area contributed by atoms with Gasteiger partial charge in [-0.25, -0.2) is 0 Å². The summed E-state index contributed by atoms with van der Waals surface area (Å²) in [5, 5.41) is 0. The Morgan fingerprint density at radius 1 is 1.11 bits per heavy atom. The summed E-state index contributed by atoms with van der Waals surface area (Å²) in [5.74, 6) is 0. The number of ether oxygens (including phenoxy) is 2. The highest BCUT2D eigenvalue weighted by Gasteiger charge is 2.17. The summed E-state index contributed by atoms with van der Waals surface area (Å²) in [6.07, 6.45) is 0. The minimum Gasteiger partial charge on any atom is -0.381 e. The Balaban J connectivity index is 3.43. The first-order valence-electron chi connectivity index (χ1n) is 2.68. The van der Waals surface area contributed by atoms with Crippen LogP contribution < -0.4 is 11.5 Å². The van der Waals surface area contributed by atoms with Crippen LogP contribution in [0.4, 0.5) is 0 Å². The summed E-state index contributed by atoms with van der Waals surface area (Å²) in [7, 11) is 3.09. The molecule has 4 heteroatoms. The average molecular weight is 134 g/mol. The zero-order chi connectivity index (χ0) is 7.33. The van der Waals surface area contributed by atoms with E-state index in [-0.39, 0.29) is 0 Å². The van der Waals surface area contributed by atoms with E-state index in [1.54, 1.807) is 14.2 Å². The first-order chi connectivity index (χ1) is 4.12. The van der Waals surface area contributed by atoms with E-state index in [9.17, 15) is 0 Å². The van der Waals surface area contributed by atoms with E-state index in [1.807, 2.05) is 0 Å². The molecule has 0 aliphatic rings. The smallest absolute Gasteiger partial charge is 0.112 e. The van der Waals surface area contributed by atoms with Gasteiger partial charge in [-0.1, -0.05) is 0 Å². The molecule has 0 fully saturated rings. The van der Waals surface area contributed by atoms with E-state index in [4.69, 9.17) is 20.9 Å². The lowest BCUT2D eigenvalue weighted by Crippen LogP contribution is -2.56. The van der Waals surface area contributed by atoms with E-state index in [0.29, 0.717) is 13.2 Å². The molecule has 0 bridgehead atoms. The van der Waals surface area contributed by atoms with Crippen LogP contribution in [-0.2, 0) is 9.47 Å². The lowest BCUT2D eigenvalue weighted by atomic mass is 10.2. The highest BCUT2D eigenvalue weighted by Crippen LogP contribution is 1.90. The molecule has 0 aromatic rings.